The molecule has 1 saturated heterocycles. The molecule has 1 aromatic carbocycles. The number of nitro benzene ring substituents is 1. The first kappa shape index (κ1) is 15.2. The molecule has 1 aliphatic heterocycles. The maximum absolute atomic E-state index is 12.2. The number of carbonyl (C=O) groups is 1. The fraction of sp³-hybridized carbons (Fsp3) is 0.500. The molecule has 1 fully saturated rings. The number of nitro groups is 1. The summed E-state index contributed by atoms with van der Waals surface area (Å²) >= 11 is 0. The molecule has 0 aromatic heterocycles. The molecule has 1 N–H and O–H groups in total. The summed E-state index contributed by atoms with van der Waals surface area (Å²) in [6, 6.07) is 6.34. The molecule has 21 heavy (non-hydrogen) atoms. The third kappa shape index (κ3) is 3.49. The van der Waals surface area contributed by atoms with Crippen molar-refractivity contribution in [2.75, 3.05) is 19.7 Å². The van der Waals surface area contributed by atoms with Crippen molar-refractivity contribution in [2.45, 2.75) is 25.9 Å². The van der Waals surface area contributed by atoms with Crippen LogP contribution in [0.4, 0.5) is 5.69 Å². The second-order valence-electron chi connectivity index (χ2n) is 5.08. The van der Waals surface area contributed by atoms with Gasteiger partial charge < -0.3 is 15.0 Å². The molecule has 0 aliphatic carbocycles. The monoisotopic (exact) mass is 293 g/mol. The summed E-state index contributed by atoms with van der Waals surface area (Å²) in [5.74, 6) is -0.0410. The summed E-state index contributed by atoms with van der Waals surface area (Å²) in [5, 5.41) is 14.2. The van der Waals surface area contributed by atoms with Gasteiger partial charge in [-0.1, -0.05) is 12.1 Å². The van der Waals surface area contributed by atoms with Crippen LogP contribution in [-0.2, 0) is 4.79 Å². The lowest BCUT2D eigenvalue weighted by atomic mass is 10.1. The Morgan fingerprint density at radius 2 is 2.19 bits per heavy atom. The molecule has 1 amide bonds. The number of benzene rings is 1. The normalized spacial score (nSPS) is 21.9. The van der Waals surface area contributed by atoms with Crippen LogP contribution in [0.3, 0.4) is 0 Å². The highest BCUT2D eigenvalue weighted by molar-refractivity contribution is 5.78. The molecule has 2 rings (SSSR count). The minimum Gasteiger partial charge on any atom is -0.477 e. The number of nitrogens with zero attached hydrogens (tertiary/aromatic N) is 2. The Morgan fingerprint density at radius 1 is 1.48 bits per heavy atom. The minimum absolute atomic E-state index is 0.0700. The average Bonchev–Trinajstić information content (AvgIpc) is 2.47. The van der Waals surface area contributed by atoms with E-state index in [1.165, 1.54) is 12.1 Å². The summed E-state index contributed by atoms with van der Waals surface area (Å²) in [4.78, 5) is 24.3. The molecule has 1 aliphatic rings. The van der Waals surface area contributed by atoms with Crippen LogP contribution in [0.1, 0.15) is 13.8 Å². The number of piperazine rings is 1. The van der Waals surface area contributed by atoms with Crippen LogP contribution in [0.2, 0.25) is 0 Å². The SMILES string of the molecule is CC1NCCN(C(=O)COc2ccccc2[N+](=O)[O-])C1C. The number of para-hydroxylation sites is 2. The Kier molecular flexibility index (Phi) is 4.74. The molecule has 0 radical (unpaired) electrons. The molecule has 0 bridgehead atoms. The highest BCUT2D eigenvalue weighted by atomic mass is 16.6. The van der Waals surface area contributed by atoms with E-state index in [-0.39, 0.29) is 36.0 Å². The van der Waals surface area contributed by atoms with Crippen molar-refractivity contribution in [2.24, 2.45) is 0 Å². The molecular weight excluding hydrogens is 274 g/mol. The quantitative estimate of drug-likeness (QED) is 0.665. The van der Waals surface area contributed by atoms with Crippen molar-refractivity contribution in [3.8, 4) is 5.75 Å². The summed E-state index contributed by atoms with van der Waals surface area (Å²) in [5.41, 5.74) is -0.132. The topological polar surface area (TPSA) is 84.7 Å². The number of hydrogen-bond donors (Lipinski definition) is 1. The van der Waals surface area contributed by atoms with Crippen LogP contribution < -0.4 is 10.1 Å². The molecule has 0 saturated carbocycles. The minimum atomic E-state index is -0.519. The van der Waals surface area contributed by atoms with E-state index in [2.05, 4.69) is 5.32 Å². The maximum Gasteiger partial charge on any atom is 0.310 e. The molecule has 0 spiro atoms. The van der Waals surface area contributed by atoms with Crippen molar-refractivity contribution in [1.82, 2.24) is 10.2 Å². The van der Waals surface area contributed by atoms with E-state index in [4.69, 9.17) is 4.74 Å². The average molecular weight is 293 g/mol. The second-order valence-corrected chi connectivity index (χ2v) is 5.08. The summed E-state index contributed by atoms with van der Waals surface area (Å²) in [6.45, 7) is 5.15. The van der Waals surface area contributed by atoms with Crippen LogP contribution in [0.25, 0.3) is 0 Å². The van der Waals surface area contributed by atoms with Gasteiger partial charge in [0.1, 0.15) is 0 Å². The smallest absolute Gasteiger partial charge is 0.310 e. The van der Waals surface area contributed by atoms with Gasteiger partial charge in [0.2, 0.25) is 0 Å². The van der Waals surface area contributed by atoms with Crippen LogP contribution >= 0.6 is 0 Å². The first-order valence-electron chi connectivity index (χ1n) is 6.89. The van der Waals surface area contributed by atoms with E-state index in [0.29, 0.717) is 6.54 Å². The Morgan fingerprint density at radius 3 is 2.90 bits per heavy atom. The van der Waals surface area contributed by atoms with Gasteiger partial charge in [-0.25, -0.2) is 0 Å². The highest BCUT2D eigenvalue weighted by Gasteiger charge is 2.28. The Hall–Kier alpha value is -2.15. The van der Waals surface area contributed by atoms with E-state index >= 15 is 0 Å². The van der Waals surface area contributed by atoms with Gasteiger partial charge in [-0.15, -0.1) is 0 Å². The summed E-state index contributed by atoms with van der Waals surface area (Å²) in [7, 11) is 0. The van der Waals surface area contributed by atoms with Crippen LogP contribution in [0.15, 0.2) is 24.3 Å². The lowest BCUT2D eigenvalue weighted by molar-refractivity contribution is -0.385. The van der Waals surface area contributed by atoms with Gasteiger partial charge >= 0.3 is 5.69 Å². The van der Waals surface area contributed by atoms with Crippen molar-refractivity contribution in [1.29, 1.82) is 0 Å². The maximum atomic E-state index is 12.2. The highest BCUT2D eigenvalue weighted by Crippen LogP contribution is 2.25. The van der Waals surface area contributed by atoms with Gasteiger partial charge in [-0.2, -0.15) is 0 Å². The fourth-order valence-corrected chi connectivity index (χ4v) is 2.36. The molecule has 1 aromatic rings. The molecular formula is C14H19N3O4. The largest absolute Gasteiger partial charge is 0.477 e. The van der Waals surface area contributed by atoms with E-state index in [0.717, 1.165) is 6.54 Å². The third-order valence-corrected chi connectivity index (χ3v) is 3.77. The Labute approximate surface area is 123 Å². The van der Waals surface area contributed by atoms with Crippen molar-refractivity contribution < 1.29 is 14.5 Å². The molecule has 1 heterocycles. The van der Waals surface area contributed by atoms with Crippen LogP contribution in [-0.4, -0.2) is 47.5 Å². The third-order valence-electron chi connectivity index (χ3n) is 3.77. The van der Waals surface area contributed by atoms with Crippen molar-refractivity contribution in [3.05, 3.63) is 34.4 Å². The van der Waals surface area contributed by atoms with E-state index < -0.39 is 4.92 Å². The summed E-state index contributed by atoms with van der Waals surface area (Å²) in [6.07, 6.45) is 0. The lowest BCUT2D eigenvalue weighted by Gasteiger charge is -2.38. The Bertz CT molecular complexity index is 535. The van der Waals surface area contributed by atoms with Gasteiger partial charge in [0.15, 0.2) is 12.4 Å². The van der Waals surface area contributed by atoms with Crippen molar-refractivity contribution in [3.63, 3.8) is 0 Å². The predicted molar refractivity (Wildman–Crippen MR) is 77.2 cm³/mol. The first-order valence-corrected chi connectivity index (χ1v) is 6.89. The zero-order valence-corrected chi connectivity index (χ0v) is 12.1. The fourth-order valence-electron chi connectivity index (χ4n) is 2.36. The lowest BCUT2D eigenvalue weighted by Crippen LogP contribution is -2.58. The van der Waals surface area contributed by atoms with E-state index in [9.17, 15) is 14.9 Å². The van der Waals surface area contributed by atoms with E-state index in [1.807, 2.05) is 13.8 Å². The predicted octanol–water partition coefficient (Wildman–Crippen LogP) is 1.18. The van der Waals surface area contributed by atoms with E-state index in [1.54, 1.807) is 17.0 Å². The van der Waals surface area contributed by atoms with Gasteiger partial charge in [0.05, 0.1) is 4.92 Å². The molecule has 2 unspecified atom stereocenters. The van der Waals surface area contributed by atoms with Gasteiger partial charge in [0.25, 0.3) is 5.91 Å². The zero-order valence-electron chi connectivity index (χ0n) is 12.1. The van der Waals surface area contributed by atoms with Gasteiger partial charge in [-0.3, -0.25) is 14.9 Å². The van der Waals surface area contributed by atoms with Crippen LogP contribution in [0, 0.1) is 10.1 Å². The van der Waals surface area contributed by atoms with Crippen LogP contribution in [0.5, 0.6) is 5.75 Å². The second kappa shape index (κ2) is 6.53. The number of amides is 1. The number of nitrogens with one attached hydrogen (secondary N) is 1. The van der Waals surface area contributed by atoms with Gasteiger partial charge in [0, 0.05) is 31.2 Å². The van der Waals surface area contributed by atoms with Crippen molar-refractivity contribution >= 4 is 11.6 Å². The number of hydrogen-bond acceptors (Lipinski definition) is 5. The Balaban J connectivity index is 2.00. The van der Waals surface area contributed by atoms with Gasteiger partial charge in [-0.05, 0) is 19.9 Å². The molecule has 7 nitrogen and oxygen atoms in total. The zero-order chi connectivity index (χ0) is 15.4. The number of rotatable bonds is 4. The number of ether oxygens (including phenoxy) is 1. The molecule has 2 atom stereocenters. The standard InChI is InChI=1S/C14H19N3O4/c1-10-11(2)16(8-7-15-10)14(18)9-21-13-6-4-3-5-12(13)17(19)20/h3-6,10-11,15H,7-9H2,1-2H3. The molecule has 7 heteroatoms. The first-order chi connectivity index (χ1) is 10.0. The molecule has 114 valence electrons. The summed E-state index contributed by atoms with van der Waals surface area (Å²) < 4.78 is 5.34. The number of carbonyl (C=O) groups excluding carboxylic acids is 1.